The van der Waals surface area contributed by atoms with E-state index in [1.54, 1.807) is 7.11 Å². The van der Waals surface area contributed by atoms with Gasteiger partial charge in [-0.15, -0.1) is 0 Å². The number of aromatic nitrogens is 2. The second-order valence-electron chi connectivity index (χ2n) is 14.3. The number of benzene rings is 1. The van der Waals surface area contributed by atoms with Crippen LogP contribution in [0.15, 0.2) is 18.2 Å². The summed E-state index contributed by atoms with van der Waals surface area (Å²) >= 11 is 0. The predicted octanol–water partition coefficient (Wildman–Crippen LogP) is 5.44. The van der Waals surface area contributed by atoms with Gasteiger partial charge in [0.15, 0.2) is 0 Å². The average molecular weight is 610 g/mol. The fourth-order valence-corrected chi connectivity index (χ4v) is 6.84. The van der Waals surface area contributed by atoms with Crippen LogP contribution in [0.2, 0.25) is 0 Å². The SMILES string of the molecule is COc1ccc2nc3c(nc2c1)O[C@H]1CN(C(=O)[C@H](C(C)(C)C)CC(=O)O[C@@H]2C[C@H]2CCCCC3)[C@H](C(=O)O)[C@@H]1CC(C)C. The Hall–Kier alpha value is -3.43. The van der Waals surface area contributed by atoms with Crippen LogP contribution >= 0.6 is 0 Å². The summed E-state index contributed by atoms with van der Waals surface area (Å²) in [5.41, 5.74) is 1.49. The fraction of sp³-hybridized carbons (Fsp3) is 0.676. The number of carboxylic acid groups (broad SMARTS) is 1. The number of amides is 1. The number of carbonyl (C=O) groups excluding carboxylic acids is 2. The topological polar surface area (TPSA) is 128 Å². The first-order valence-electron chi connectivity index (χ1n) is 16.1. The zero-order chi connectivity index (χ0) is 31.8. The monoisotopic (exact) mass is 609 g/mol. The summed E-state index contributed by atoms with van der Waals surface area (Å²) < 4.78 is 17.9. The summed E-state index contributed by atoms with van der Waals surface area (Å²) in [4.78, 5) is 51.5. The summed E-state index contributed by atoms with van der Waals surface area (Å²) in [7, 11) is 1.60. The minimum absolute atomic E-state index is 0.0801. The Morgan fingerprint density at radius 3 is 2.55 bits per heavy atom. The maximum absolute atomic E-state index is 14.3. The molecule has 1 amide bonds. The second kappa shape index (κ2) is 12.9. The van der Waals surface area contributed by atoms with E-state index in [2.05, 4.69) is 0 Å². The van der Waals surface area contributed by atoms with Gasteiger partial charge in [0.25, 0.3) is 0 Å². The highest BCUT2D eigenvalue weighted by Gasteiger charge is 2.52. The smallest absolute Gasteiger partial charge is 0.326 e. The quantitative estimate of drug-likeness (QED) is 0.451. The fourth-order valence-electron chi connectivity index (χ4n) is 6.84. The normalized spacial score (nSPS) is 28.4. The molecule has 1 saturated heterocycles. The summed E-state index contributed by atoms with van der Waals surface area (Å²) in [5, 5.41) is 10.5. The number of ether oxygens (including phenoxy) is 3. The number of esters is 1. The Bertz CT molecular complexity index is 1390. The van der Waals surface area contributed by atoms with E-state index in [1.807, 2.05) is 52.8 Å². The molecule has 3 aliphatic rings. The van der Waals surface area contributed by atoms with Gasteiger partial charge >= 0.3 is 11.9 Å². The number of nitrogens with zero attached hydrogens (tertiary/aromatic N) is 3. The number of hydrogen-bond donors (Lipinski definition) is 1. The van der Waals surface area contributed by atoms with E-state index in [0.717, 1.165) is 43.3 Å². The molecule has 10 nitrogen and oxygen atoms in total. The zero-order valence-corrected chi connectivity index (χ0v) is 26.9. The number of carbonyl (C=O) groups is 3. The molecule has 2 aliphatic heterocycles. The minimum Gasteiger partial charge on any atom is -0.497 e. The molecule has 1 saturated carbocycles. The van der Waals surface area contributed by atoms with Crippen molar-refractivity contribution in [3.05, 3.63) is 23.9 Å². The van der Waals surface area contributed by atoms with E-state index in [-0.39, 0.29) is 30.9 Å². The van der Waals surface area contributed by atoms with Crippen LogP contribution in [-0.4, -0.2) is 69.7 Å². The van der Waals surface area contributed by atoms with Crippen molar-refractivity contribution in [2.24, 2.45) is 29.1 Å². The zero-order valence-electron chi connectivity index (χ0n) is 26.9. The second-order valence-corrected chi connectivity index (χ2v) is 14.3. The highest BCUT2D eigenvalue weighted by atomic mass is 16.5. The molecule has 3 heterocycles. The Labute approximate surface area is 259 Å². The molecule has 240 valence electrons. The summed E-state index contributed by atoms with van der Waals surface area (Å²) in [6.45, 7) is 9.88. The predicted molar refractivity (Wildman–Crippen MR) is 164 cm³/mol. The molecule has 44 heavy (non-hydrogen) atoms. The Morgan fingerprint density at radius 2 is 1.86 bits per heavy atom. The summed E-state index contributed by atoms with van der Waals surface area (Å²) in [6, 6.07) is 4.45. The summed E-state index contributed by atoms with van der Waals surface area (Å²) in [5.74, 6) is -1.50. The van der Waals surface area contributed by atoms with Gasteiger partial charge in [-0.3, -0.25) is 9.59 Å². The molecule has 2 aromatic rings. The van der Waals surface area contributed by atoms with Crippen molar-refractivity contribution in [2.45, 2.75) is 104 Å². The third kappa shape index (κ3) is 7.10. The molecule has 1 N–H and O–H groups in total. The van der Waals surface area contributed by atoms with Crippen LogP contribution in [-0.2, 0) is 25.5 Å². The van der Waals surface area contributed by atoms with Gasteiger partial charge in [0, 0.05) is 12.0 Å². The maximum Gasteiger partial charge on any atom is 0.326 e. The molecule has 1 aliphatic carbocycles. The molecule has 0 unspecified atom stereocenters. The van der Waals surface area contributed by atoms with Crippen LogP contribution in [0.1, 0.15) is 85.3 Å². The molecule has 0 radical (unpaired) electrons. The van der Waals surface area contributed by atoms with Crippen LogP contribution < -0.4 is 9.47 Å². The number of rotatable bonds is 4. The van der Waals surface area contributed by atoms with Crippen molar-refractivity contribution < 1.29 is 33.7 Å². The van der Waals surface area contributed by atoms with Crippen molar-refractivity contribution in [3.8, 4) is 11.6 Å². The molecule has 0 spiro atoms. The molecular weight excluding hydrogens is 562 g/mol. The number of fused-ring (bicyclic) bond motifs is 5. The van der Waals surface area contributed by atoms with Gasteiger partial charge in [0.05, 0.1) is 37.0 Å². The largest absolute Gasteiger partial charge is 0.497 e. The van der Waals surface area contributed by atoms with Gasteiger partial charge in [0.2, 0.25) is 11.8 Å². The first-order valence-corrected chi connectivity index (χ1v) is 16.1. The van der Waals surface area contributed by atoms with E-state index in [4.69, 9.17) is 24.2 Å². The highest BCUT2D eigenvalue weighted by molar-refractivity contribution is 5.89. The van der Waals surface area contributed by atoms with Gasteiger partial charge in [-0.25, -0.2) is 14.8 Å². The van der Waals surface area contributed by atoms with Crippen molar-refractivity contribution in [3.63, 3.8) is 0 Å². The Balaban J connectivity index is 1.56. The lowest BCUT2D eigenvalue weighted by molar-refractivity contribution is -0.157. The number of aliphatic carboxylic acids is 1. The van der Waals surface area contributed by atoms with Gasteiger partial charge in [0.1, 0.15) is 29.7 Å². The first kappa shape index (κ1) is 32.0. The molecular formula is C34H47N3O7. The molecule has 5 rings (SSSR count). The molecule has 2 bridgehead atoms. The van der Waals surface area contributed by atoms with Crippen LogP contribution in [0.5, 0.6) is 11.6 Å². The molecule has 10 heteroatoms. The minimum atomic E-state index is -1.09. The lowest BCUT2D eigenvalue weighted by atomic mass is 9.77. The van der Waals surface area contributed by atoms with Crippen LogP contribution in [0, 0.1) is 29.1 Å². The van der Waals surface area contributed by atoms with E-state index < -0.39 is 41.3 Å². The number of carboxylic acids is 1. The van der Waals surface area contributed by atoms with Gasteiger partial charge in [-0.05, 0) is 61.5 Å². The molecule has 1 aromatic heterocycles. The van der Waals surface area contributed by atoms with E-state index in [9.17, 15) is 19.5 Å². The van der Waals surface area contributed by atoms with Gasteiger partial charge < -0.3 is 24.2 Å². The van der Waals surface area contributed by atoms with Gasteiger partial charge in [-0.2, -0.15) is 0 Å². The van der Waals surface area contributed by atoms with Crippen LogP contribution in [0.3, 0.4) is 0 Å². The summed E-state index contributed by atoms with van der Waals surface area (Å²) in [6.07, 6.45) is 5.14. The Morgan fingerprint density at radius 1 is 1.09 bits per heavy atom. The number of aryl methyl sites for hydroxylation is 1. The van der Waals surface area contributed by atoms with E-state index in [1.165, 1.54) is 4.90 Å². The van der Waals surface area contributed by atoms with Crippen LogP contribution in [0.4, 0.5) is 0 Å². The van der Waals surface area contributed by atoms with Crippen molar-refractivity contribution in [1.29, 1.82) is 0 Å². The highest BCUT2D eigenvalue weighted by Crippen LogP contribution is 2.41. The van der Waals surface area contributed by atoms with Crippen LogP contribution in [0.25, 0.3) is 11.0 Å². The molecule has 6 atom stereocenters. The van der Waals surface area contributed by atoms with Gasteiger partial charge in [-0.1, -0.05) is 47.5 Å². The van der Waals surface area contributed by atoms with Crippen molar-refractivity contribution in [1.82, 2.24) is 14.9 Å². The average Bonchev–Trinajstić information content (AvgIpc) is 3.58. The third-order valence-electron chi connectivity index (χ3n) is 9.39. The number of methoxy groups -OCH3 is 1. The molecule has 1 aromatic carbocycles. The van der Waals surface area contributed by atoms with Crippen molar-refractivity contribution in [2.75, 3.05) is 13.7 Å². The number of hydrogen-bond acceptors (Lipinski definition) is 8. The molecule has 2 fully saturated rings. The first-order chi connectivity index (χ1) is 20.8. The maximum atomic E-state index is 14.3. The van der Waals surface area contributed by atoms with E-state index >= 15 is 0 Å². The van der Waals surface area contributed by atoms with Crippen molar-refractivity contribution >= 4 is 28.9 Å². The third-order valence-corrected chi connectivity index (χ3v) is 9.39. The lowest BCUT2D eigenvalue weighted by Gasteiger charge is -2.34. The van der Waals surface area contributed by atoms with E-state index in [0.29, 0.717) is 35.9 Å². The standard InChI is InChI=1S/C34H47N3O7/c1-19(2)14-22-28-18-37(30(22)33(40)41)32(39)23(34(3,4)5)17-29(38)43-27-15-20(27)10-8-7-9-11-25-31(44-28)36-26-16-21(42-6)12-13-24(26)35-25/h12-13,16,19-20,22-23,27-28,30H,7-11,14-15,17-18H2,1-6H3,(H,40,41)/t20-,22-,23-,27-,28+,30+/m1/s1. The Kier molecular flexibility index (Phi) is 9.37. The lowest BCUT2D eigenvalue weighted by Crippen LogP contribution is -2.49.